The summed E-state index contributed by atoms with van der Waals surface area (Å²) in [7, 11) is 0. The molecule has 0 radical (unpaired) electrons. The predicted octanol–water partition coefficient (Wildman–Crippen LogP) is 3.86. The first-order valence-corrected chi connectivity index (χ1v) is 7.94. The highest BCUT2D eigenvalue weighted by Gasteiger charge is 2.13. The van der Waals surface area contributed by atoms with Gasteiger partial charge in [0.25, 0.3) is 5.91 Å². The van der Waals surface area contributed by atoms with Gasteiger partial charge in [-0.1, -0.05) is 29.8 Å². The van der Waals surface area contributed by atoms with Crippen molar-refractivity contribution in [1.29, 1.82) is 0 Å². The van der Waals surface area contributed by atoms with Crippen LogP contribution in [0.15, 0.2) is 48.0 Å². The molecule has 0 atom stereocenters. The second-order valence-corrected chi connectivity index (χ2v) is 6.17. The van der Waals surface area contributed by atoms with Crippen LogP contribution in [0, 0.1) is 13.8 Å². The Labute approximate surface area is 133 Å². The van der Waals surface area contributed by atoms with E-state index in [0.29, 0.717) is 12.4 Å². The minimum atomic E-state index is -0.0847. The number of nitrogens with one attached hydrogen (secondary N) is 1. The first-order chi connectivity index (χ1) is 10.6. The summed E-state index contributed by atoms with van der Waals surface area (Å²) in [5.41, 5.74) is 3.36. The molecular weight excluding hydrogens is 294 g/mol. The van der Waals surface area contributed by atoms with Gasteiger partial charge < -0.3 is 5.32 Å². The summed E-state index contributed by atoms with van der Waals surface area (Å²) in [5.74, 6) is 0.623. The first-order valence-electron chi connectivity index (χ1n) is 7.06. The number of hydrogen-bond donors (Lipinski definition) is 1. The molecule has 3 rings (SSSR count). The molecule has 0 aliphatic rings. The summed E-state index contributed by atoms with van der Waals surface area (Å²) in [6.45, 7) is 4.64. The van der Waals surface area contributed by atoms with Gasteiger partial charge in [0, 0.05) is 6.07 Å². The van der Waals surface area contributed by atoms with Gasteiger partial charge in [-0.15, -0.1) is 11.3 Å². The highest BCUT2D eigenvalue weighted by Crippen LogP contribution is 2.18. The van der Waals surface area contributed by atoms with E-state index >= 15 is 0 Å². The molecule has 0 unspecified atom stereocenters. The second kappa shape index (κ2) is 6.15. The van der Waals surface area contributed by atoms with Crippen LogP contribution in [0.25, 0.3) is 0 Å². The Hall–Kier alpha value is -2.40. The van der Waals surface area contributed by atoms with Crippen molar-refractivity contribution < 1.29 is 4.79 Å². The Morgan fingerprint density at radius 1 is 1.27 bits per heavy atom. The number of amides is 1. The van der Waals surface area contributed by atoms with Crippen molar-refractivity contribution in [3.63, 3.8) is 0 Å². The maximum Gasteiger partial charge on any atom is 0.267 e. The number of anilines is 1. The lowest BCUT2D eigenvalue weighted by molar-refractivity contribution is 0.102. The van der Waals surface area contributed by atoms with Crippen LogP contribution in [0.5, 0.6) is 0 Å². The summed E-state index contributed by atoms with van der Waals surface area (Å²) in [6, 6.07) is 12.0. The number of benzene rings is 1. The summed E-state index contributed by atoms with van der Waals surface area (Å²) in [4.78, 5) is 13.1. The highest BCUT2D eigenvalue weighted by atomic mass is 32.1. The average molecular weight is 311 g/mol. The fraction of sp³-hybridized carbons (Fsp3) is 0.176. The van der Waals surface area contributed by atoms with Crippen LogP contribution in [0.3, 0.4) is 0 Å². The first kappa shape index (κ1) is 14.5. The molecule has 0 spiro atoms. The predicted molar refractivity (Wildman–Crippen MR) is 89.5 cm³/mol. The third kappa shape index (κ3) is 3.09. The van der Waals surface area contributed by atoms with E-state index in [2.05, 4.69) is 35.5 Å². The van der Waals surface area contributed by atoms with E-state index in [1.54, 1.807) is 10.9 Å². The monoisotopic (exact) mass is 311 g/mol. The van der Waals surface area contributed by atoms with E-state index in [1.807, 2.05) is 30.5 Å². The van der Waals surface area contributed by atoms with E-state index in [1.165, 1.54) is 16.9 Å². The summed E-state index contributed by atoms with van der Waals surface area (Å²) in [5, 5.41) is 9.17. The Balaban J connectivity index is 1.78. The smallest absolute Gasteiger partial charge is 0.267 e. The average Bonchev–Trinajstić information content (AvgIpc) is 3.08. The highest BCUT2D eigenvalue weighted by molar-refractivity contribution is 7.12. The van der Waals surface area contributed by atoms with Gasteiger partial charge >= 0.3 is 0 Å². The topological polar surface area (TPSA) is 46.9 Å². The quantitative estimate of drug-likeness (QED) is 0.795. The lowest BCUT2D eigenvalue weighted by Crippen LogP contribution is -2.16. The van der Waals surface area contributed by atoms with Crippen molar-refractivity contribution >= 4 is 23.1 Å². The van der Waals surface area contributed by atoms with Crippen LogP contribution < -0.4 is 5.32 Å². The van der Waals surface area contributed by atoms with Crippen LogP contribution in [-0.4, -0.2) is 15.7 Å². The third-order valence-corrected chi connectivity index (χ3v) is 4.46. The molecule has 112 valence electrons. The van der Waals surface area contributed by atoms with E-state index in [0.717, 1.165) is 16.0 Å². The number of rotatable bonds is 4. The minimum absolute atomic E-state index is 0.0847. The maximum absolute atomic E-state index is 12.3. The van der Waals surface area contributed by atoms with Gasteiger partial charge in [-0.2, -0.15) is 5.10 Å². The van der Waals surface area contributed by atoms with Gasteiger partial charge in [0.2, 0.25) is 0 Å². The van der Waals surface area contributed by atoms with Crippen molar-refractivity contribution in [2.45, 2.75) is 20.4 Å². The van der Waals surface area contributed by atoms with Crippen LogP contribution >= 0.6 is 11.3 Å². The molecular formula is C17H17N3OS. The Morgan fingerprint density at radius 2 is 2.14 bits per heavy atom. The van der Waals surface area contributed by atoms with E-state index in [4.69, 9.17) is 0 Å². The van der Waals surface area contributed by atoms with Crippen molar-refractivity contribution in [3.05, 3.63) is 69.5 Å². The van der Waals surface area contributed by atoms with Crippen molar-refractivity contribution in [2.24, 2.45) is 0 Å². The summed E-state index contributed by atoms with van der Waals surface area (Å²) in [6.07, 6.45) is 1.70. The van der Waals surface area contributed by atoms with Gasteiger partial charge in [0.1, 0.15) is 5.82 Å². The minimum Gasteiger partial charge on any atom is -0.306 e. The van der Waals surface area contributed by atoms with Gasteiger partial charge in [-0.25, -0.2) is 4.68 Å². The van der Waals surface area contributed by atoms with Crippen molar-refractivity contribution in [2.75, 3.05) is 5.32 Å². The van der Waals surface area contributed by atoms with E-state index in [9.17, 15) is 4.79 Å². The number of aryl methyl sites for hydroxylation is 2. The van der Waals surface area contributed by atoms with Gasteiger partial charge in [-0.05, 0) is 36.4 Å². The molecule has 1 amide bonds. The largest absolute Gasteiger partial charge is 0.306 e. The molecule has 0 fully saturated rings. The van der Waals surface area contributed by atoms with Crippen molar-refractivity contribution in [1.82, 2.24) is 9.78 Å². The third-order valence-electron chi connectivity index (χ3n) is 3.44. The number of thiophene rings is 1. The van der Waals surface area contributed by atoms with Crippen LogP contribution in [0.2, 0.25) is 0 Å². The Bertz CT molecular complexity index is 804. The number of hydrogen-bond acceptors (Lipinski definition) is 3. The SMILES string of the molecule is Cc1cccc(Cn2nccc2NC(=O)c2sccc2C)c1. The molecule has 22 heavy (non-hydrogen) atoms. The molecule has 0 saturated heterocycles. The number of aromatic nitrogens is 2. The fourth-order valence-electron chi connectivity index (χ4n) is 2.33. The normalized spacial score (nSPS) is 10.6. The summed E-state index contributed by atoms with van der Waals surface area (Å²) >= 11 is 1.45. The van der Waals surface area contributed by atoms with E-state index in [-0.39, 0.29) is 5.91 Å². The van der Waals surface area contributed by atoms with Gasteiger partial charge in [0.05, 0.1) is 17.6 Å². The van der Waals surface area contributed by atoms with Crippen LogP contribution in [0.4, 0.5) is 5.82 Å². The summed E-state index contributed by atoms with van der Waals surface area (Å²) < 4.78 is 1.80. The maximum atomic E-state index is 12.3. The number of nitrogens with zero attached hydrogens (tertiary/aromatic N) is 2. The molecule has 2 heterocycles. The number of carbonyl (C=O) groups excluding carboxylic acids is 1. The standard InChI is InChI=1S/C17H17N3OS/c1-12-4-3-5-14(10-12)11-20-15(6-8-18-20)19-17(21)16-13(2)7-9-22-16/h3-10H,11H2,1-2H3,(H,19,21). The Morgan fingerprint density at radius 3 is 2.86 bits per heavy atom. The Kier molecular flexibility index (Phi) is 4.06. The molecule has 2 aromatic heterocycles. The molecule has 0 aliphatic carbocycles. The van der Waals surface area contributed by atoms with Gasteiger partial charge in [-0.3, -0.25) is 4.79 Å². The lowest BCUT2D eigenvalue weighted by atomic mass is 10.1. The zero-order valence-corrected chi connectivity index (χ0v) is 13.4. The molecule has 4 nitrogen and oxygen atoms in total. The zero-order valence-electron chi connectivity index (χ0n) is 12.5. The lowest BCUT2D eigenvalue weighted by Gasteiger charge is -2.09. The molecule has 0 saturated carbocycles. The van der Waals surface area contributed by atoms with Crippen molar-refractivity contribution in [3.8, 4) is 0 Å². The number of carbonyl (C=O) groups is 1. The second-order valence-electron chi connectivity index (χ2n) is 5.25. The molecule has 5 heteroatoms. The molecule has 3 aromatic rings. The van der Waals surface area contributed by atoms with Crippen LogP contribution in [-0.2, 0) is 6.54 Å². The molecule has 0 aliphatic heterocycles. The molecule has 1 N–H and O–H groups in total. The zero-order chi connectivity index (χ0) is 15.5. The fourth-order valence-corrected chi connectivity index (χ4v) is 3.15. The van der Waals surface area contributed by atoms with Gasteiger partial charge in [0.15, 0.2) is 0 Å². The molecule has 1 aromatic carbocycles. The van der Waals surface area contributed by atoms with E-state index < -0.39 is 0 Å². The molecule has 0 bridgehead atoms. The van der Waals surface area contributed by atoms with Crippen LogP contribution in [0.1, 0.15) is 26.4 Å².